The summed E-state index contributed by atoms with van der Waals surface area (Å²) in [7, 11) is 0. The quantitative estimate of drug-likeness (QED) is 0.825. The molecule has 21 heavy (non-hydrogen) atoms. The van der Waals surface area contributed by atoms with E-state index in [1.807, 2.05) is 0 Å². The van der Waals surface area contributed by atoms with Crippen LogP contribution in [0.3, 0.4) is 0 Å². The third kappa shape index (κ3) is 2.62. The van der Waals surface area contributed by atoms with Crippen LogP contribution in [0.2, 0.25) is 0 Å². The summed E-state index contributed by atoms with van der Waals surface area (Å²) in [5.74, 6) is 0.436. The number of benzene rings is 1. The van der Waals surface area contributed by atoms with E-state index in [1.54, 1.807) is 24.3 Å². The van der Waals surface area contributed by atoms with Crippen molar-refractivity contribution in [3.63, 3.8) is 0 Å². The number of rotatable bonds is 5. The second kappa shape index (κ2) is 5.36. The highest BCUT2D eigenvalue weighted by molar-refractivity contribution is 6.54. The monoisotopic (exact) mass is 328 g/mol. The minimum absolute atomic E-state index is 0.237. The second-order valence-corrected chi connectivity index (χ2v) is 7.56. The van der Waals surface area contributed by atoms with E-state index < -0.39 is 15.7 Å². The Morgan fingerprint density at radius 3 is 2.29 bits per heavy atom. The van der Waals surface area contributed by atoms with Crippen LogP contribution in [-0.2, 0) is 10.2 Å². The SMILES string of the molecule is O=C(O)C1(c2ccc(OCC3CCCC3)cc2)CC1(Cl)Cl. The van der Waals surface area contributed by atoms with Gasteiger partial charge in [-0.05, 0) is 36.5 Å². The van der Waals surface area contributed by atoms with E-state index >= 15 is 0 Å². The Bertz CT molecular complexity index is 535. The maximum atomic E-state index is 11.5. The van der Waals surface area contributed by atoms with Gasteiger partial charge in [0.2, 0.25) is 0 Å². The van der Waals surface area contributed by atoms with Crippen molar-refractivity contribution in [1.29, 1.82) is 0 Å². The van der Waals surface area contributed by atoms with Crippen molar-refractivity contribution in [2.75, 3.05) is 6.61 Å². The lowest BCUT2D eigenvalue weighted by molar-refractivity contribution is -0.140. The van der Waals surface area contributed by atoms with Crippen LogP contribution in [0.4, 0.5) is 0 Å². The molecule has 1 aromatic carbocycles. The van der Waals surface area contributed by atoms with E-state index in [1.165, 1.54) is 25.7 Å². The van der Waals surface area contributed by atoms with Crippen LogP contribution in [0.25, 0.3) is 0 Å². The lowest BCUT2D eigenvalue weighted by Gasteiger charge is -2.15. The zero-order valence-corrected chi connectivity index (χ0v) is 13.2. The second-order valence-electron chi connectivity index (χ2n) is 6.08. The molecule has 2 fully saturated rings. The first-order valence-electron chi connectivity index (χ1n) is 7.30. The maximum absolute atomic E-state index is 11.5. The number of carboxylic acids is 1. The largest absolute Gasteiger partial charge is 0.493 e. The zero-order valence-electron chi connectivity index (χ0n) is 11.6. The molecule has 0 amide bonds. The van der Waals surface area contributed by atoms with Gasteiger partial charge < -0.3 is 9.84 Å². The first-order valence-corrected chi connectivity index (χ1v) is 8.06. The van der Waals surface area contributed by atoms with E-state index in [0.29, 0.717) is 11.5 Å². The number of carbonyl (C=O) groups is 1. The van der Waals surface area contributed by atoms with E-state index in [9.17, 15) is 9.90 Å². The van der Waals surface area contributed by atoms with Gasteiger partial charge in [0.05, 0.1) is 6.61 Å². The van der Waals surface area contributed by atoms with Crippen LogP contribution < -0.4 is 4.74 Å². The van der Waals surface area contributed by atoms with Crippen molar-refractivity contribution in [3.05, 3.63) is 29.8 Å². The third-order valence-electron chi connectivity index (χ3n) is 4.66. The number of aliphatic carboxylic acids is 1. The zero-order chi connectivity index (χ0) is 15.1. The molecule has 0 radical (unpaired) electrons. The molecule has 2 aliphatic carbocycles. The highest BCUT2D eigenvalue weighted by Crippen LogP contribution is 2.65. The minimum Gasteiger partial charge on any atom is -0.493 e. The molecule has 5 heteroatoms. The van der Waals surface area contributed by atoms with Crippen LogP contribution in [0.5, 0.6) is 5.75 Å². The first kappa shape index (κ1) is 15.0. The molecule has 2 aliphatic rings. The summed E-state index contributed by atoms with van der Waals surface area (Å²) >= 11 is 12.1. The molecule has 2 saturated carbocycles. The van der Waals surface area contributed by atoms with Gasteiger partial charge in [0.1, 0.15) is 15.5 Å². The maximum Gasteiger partial charge on any atom is 0.317 e. The molecule has 0 spiro atoms. The van der Waals surface area contributed by atoms with Gasteiger partial charge in [-0.25, -0.2) is 0 Å². The topological polar surface area (TPSA) is 46.5 Å². The normalized spacial score (nSPS) is 27.5. The molecular weight excluding hydrogens is 311 g/mol. The Kier molecular flexibility index (Phi) is 3.83. The van der Waals surface area contributed by atoms with Crippen LogP contribution in [-0.4, -0.2) is 22.0 Å². The Hall–Kier alpha value is -0.930. The standard InChI is InChI=1S/C16H18Cl2O3/c17-16(18)10-15(16,14(19)20)12-5-7-13(8-6-12)21-9-11-3-1-2-4-11/h5-8,11H,1-4,9-10H2,(H,19,20). The fourth-order valence-electron chi connectivity index (χ4n) is 3.18. The molecule has 0 saturated heterocycles. The number of hydrogen-bond donors (Lipinski definition) is 1. The highest BCUT2D eigenvalue weighted by atomic mass is 35.5. The predicted octanol–water partition coefficient (Wildman–Crippen LogP) is 4.16. The summed E-state index contributed by atoms with van der Waals surface area (Å²) in [5, 5.41) is 9.41. The van der Waals surface area contributed by atoms with Crippen LogP contribution in [0.15, 0.2) is 24.3 Å². The summed E-state index contributed by atoms with van der Waals surface area (Å²) in [6.45, 7) is 0.734. The van der Waals surface area contributed by atoms with E-state index in [0.717, 1.165) is 12.4 Å². The fourth-order valence-corrected chi connectivity index (χ4v) is 3.97. The van der Waals surface area contributed by atoms with Gasteiger partial charge in [0.25, 0.3) is 0 Å². The van der Waals surface area contributed by atoms with Gasteiger partial charge >= 0.3 is 5.97 Å². The van der Waals surface area contributed by atoms with Gasteiger partial charge in [-0.3, -0.25) is 4.79 Å². The summed E-state index contributed by atoms with van der Waals surface area (Å²) < 4.78 is 4.56. The van der Waals surface area contributed by atoms with Crippen molar-refractivity contribution < 1.29 is 14.6 Å². The number of hydrogen-bond acceptors (Lipinski definition) is 2. The van der Waals surface area contributed by atoms with Crippen molar-refractivity contribution in [2.45, 2.75) is 41.9 Å². The average molecular weight is 329 g/mol. The lowest BCUT2D eigenvalue weighted by Crippen LogP contribution is -2.26. The Morgan fingerprint density at radius 1 is 1.24 bits per heavy atom. The van der Waals surface area contributed by atoms with Gasteiger partial charge in [0, 0.05) is 6.42 Å². The van der Waals surface area contributed by atoms with Gasteiger partial charge in [0.15, 0.2) is 0 Å². The van der Waals surface area contributed by atoms with Crippen molar-refractivity contribution in [1.82, 2.24) is 0 Å². The molecule has 0 aliphatic heterocycles. The molecule has 3 nitrogen and oxygen atoms in total. The van der Waals surface area contributed by atoms with Crippen molar-refractivity contribution in [3.8, 4) is 5.75 Å². The van der Waals surface area contributed by atoms with E-state index in [4.69, 9.17) is 27.9 Å². The van der Waals surface area contributed by atoms with Crippen LogP contribution >= 0.6 is 23.2 Å². The van der Waals surface area contributed by atoms with E-state index in [2.05, 4.69) is 0 Å². The smallest absolute Gasteiger partial charge is 0.317 e. The van der Waals surface area contributed by atoms with Gasteiger partial charge in [-0.1, -0.05) is 48.2 Å². The summed E-state index contributed by atoms with van der Waals surface area (Å²) in [6.07, 6.45) is 5.30. The predicted molar refractivity (Wildman–Crippen MR) is 82.3 cm³/mol. The summed E-state index contributed by atoms with van der Waals surface area (Å²) in [6, 6.07) is 7.11. The van der Waals surface area contributed by atoms with Crippen molar-refractivity contribution in [2.24, 2.45) is 5.92 Å². The fraction of sp³-hybridized carbons (Fsp3) is 0.562. The molecule has 1 unspecified atom stereocenters. The molecular formula is C16H18Cl2O3. The number of ether oxygens (including phenoxy) is 1. The lowest BCUT2D eigenvalue weighted by atomic mass is 9.96. The average Bonchev–Trinajstić information content (AvgIpc) is 2.83. The Labute approximate surface area is 134 Å². The molecule has 1 atom stereocenters. The van der Waals surface area contributed by atoms with Gasteiger partial charge in [-0.15, -0.1) is 0 Å². The number of alkyl halides is 2. The molecule has 0 bridgehead atoms. The van der Waals surface area contributed by atoms with E-state index in [-0.39, 0.29) is 6.42 Å². The molecule has 0 heterocycles. The summed E-state index contributed by atoms with van der Waals surface area (Å²) in [4.78, 5) is 11.5. The Balaban J connectivity index is 1.68. The molecule has 3 rings (SSSR count). The highest BCUT2D eigenvalue weighted by Gasteiger charge is 2.72. The first-order chi connectivity index (χ1) is 9.96. The molecule has 114 valence electrons. The number of carboxylic acid groups (broad SMARTS) is 1. The van der Waals surface area contributed by atoms with Gasteiger partial charge in [-0.2, -0.15) is 0 Å². The van der Waals surface area contributed by atoms with Crippen LogP contribution in [0, 0.1) is 5.92 Å². The minimum atomic E-state index is -1.22. The van der Waals surface area contributed by atoms with Crippen molar-refractivity contribution >= 4 is 29.2 Å². The third-order valence-corrected chi connectivity index (χ3v) is 5.57. The Morgan fingerprint density at radius 2 is 1.81 bits per heavy atom. The summed E-state index contributed by atoms with van der Waals surface area (Å²) in [5.41, 5.74) is -0.548. The molecule has 1 N–H and O–H groups in total. The van der Waals surface area contributed by atoms with Crippen LogP contribution in [0.1, 0.15) is 37.7 Å². The molecule has 1 aromatic rings. The number of halogens is 2. The molecule has 0 aromatic heterocycles.